The van der Waals surface area contributed by atoms with Crippen LogP contribution in [0.25, 0.3) is 0 Å². The van der Waals surface area contributed by atoms with E-state index in [4.69, 9.17) is 15.0 Å². The van der Waals surface area contributed by atoms with Gasteiger partial charge in [-0.05, 0) is 38.0 Å². The number of carbonyl (C=O) groups is 3. The average Bonchev–Trinajstić information content (AvgIpc) is 3.27. The summed E-state index contributed by atoms with van der Waals surface area (Å²) in [5.74, 6) is -0.396. The van der Waals surface area contributed by atoms with E-state index >= 15 is 0 Å². The van der Waals surface area contributed by atoms with Crippen molar-refractivity contribution in [2.45, 2.75) is 38.6 Å². The molecule has 0 spiro atoms. The SMILES string of the molecule is O=C(O)[C@@H]1CC[C@H](C(=O)N2CCC(Cn3ccnc3)CC2)C1.O=CO. The summed E-state index contributed by atoms with van der Waals surface area (Å²) in [7, 11) is 0. The van der Waals surface area contributed by atoms with Crippen molar-refractivity contribution >= 4 is 18.3 Å². The summed E-state index contributed by atoms with van der Waals surface area (Å²) in [5, 5.41) is 15.9. The third kappa shape index (κ3) is 5.30. The van der Waals surface area contributed by atoms with Crippen molar-refractivity contribution in [1.29, 1.82) is 0 Å². The molecule has 2 N–H and O–H groups in total. The van der Waals surface area contributed by atoms with Gasteiger partial charge in [0.2, 0.25) is 5.91 Å². The molecule has 2 fully saturated rings. The summed E-state index contributed by atoms with van der Waals surface area (Å²) >= 11 is 0. The zero-order chi connectivity index (χ0) is 18.2. The predicted molar refractivity (Wildman–Crippen MR) is 88.7 cm³/mol. The molecule has 1 aliphatic carbocycles. The molecule has 138 valence electrons. The van der Waals surface area contributed by atoms with Crippen LogP contribution in [0.2, 0.25) is 0 Å². The van der Waals surface area contributed by atoms with Gasteiger partial charge in [0.1, 0.15) is 0 Å². The third-order valence-electron chi connectivity index (χ3n) is 5.09. The van der Waals surface area contributed by atoms with Crippen LogP contribution in [0.4, 0.5) is 0 Å². The number of hydrogen-bond donors (Lipinski definition) is 2. The number of nitrogens with zero attached hydrogens (tertiary/aromatic N) is 3. The highest BCUT2D eigenvalue weighted by Crippen LogP contribution is 2.33. The number of aliphatic carboxylic acids is 1. The molecule has 1 aromatic heterocycles. The van der Waals surface area contributed by atoms with Crippen molar-refractivity contribution in [3.05, 3.63) is 18.7 Å². The molecule has 1 aromatic rings. The van der Waals surface area contributed by atoms with E-state index in [0.717, 1.165) is 38.9 Å². The first kappa shape index (κ1) is 19.0. The molecule has 2 atom stereocenters. The number of rotatable bonds is 4. The molecule has 3 rings (SSSR count). The van der Waals surface area contributed by atoms with Crippen LogP contribution in [0, 0.1) is 17.8 Å². The minimum Gasteiger partial charge on any atom is -0.483 e. The molecule has 1 amide bonds. The van der Waals surface area contributed by atoms with Gasteiger partial charge in [0.05, 0.1) is 12.2 Å². The molecule has 1 saturated carbocycles. The van der Waals surface area contributed by atoms with Gasteiger partial charge < -0.3 is 19.7 Å². The van der Waals surface area contributed by atoms with Crippen LogP contribution in [-0.4, -0.2) is 56.1 Å². The standard InChI is InChI=1S/C16H23N3O3.CH2O2/c20-15(13-1-2-14(9-13)16(21)22)19-6-3-12(4-7-19)10-18-8-5-17-11-18;2-1-3/h5,8,11-14H,1-4,6-7,9-10H2,(H,21,22);1H,(H,2,3)/t13-,14+;/m0./s1. The minimum absolute atomic E-state index is 0.0775. The maximum absolute atomic E-state index is 12.5. The first-order valence-corrected chi connectivity index (χ1v) is 8.60. The Morgan fingerprint density at radius 1 is 1.16 bits per heavy atom. The highest BCUT2D eigenvalue weighted by atomic mass is 16.4. The van der Waals surface area contributed by atoms with E-state index in [9.17, 15) is 9.59 Å². The summed E-state index contributed by atoms with van der Waals surface area (Å²) in [6.45, 7) is 2.31. The van der Waals surface area contributed by atoms with Gasteiger partial charge in [0.25, 0.3) is 6.47 Å². The normalized spacial score (nSPS) is 23.6. The van der Waals surface area contributed by atoms with Crippen LogP contribution in [0.15, 0.2) is 18.7 Å². The van der Waals surface area contributed by atoms with Gasteiger partial charge in [-0.2, -0.15) is 0 Å². The van der Waals surface area contributed by atoms with Gasteiger partial charge in [-0.3, -0.25) is 14.4 Å². The number of aromatic nitrogens is 2. The molecule has 1 saturated heterocycles. The minimum atomic E-state index is -0.755. The van der Waals surface area contributed by atoms with Gasteiger partial charge in [-0.25, -0.2) is 4.98 Å². The van der Waals surface area contributed by atoms with Crippen molar-refractivity contribution in [3.63, 3.8) is 0 Å². The predicted octanol–water partition coefficient (Wildman–Crippen LogP) is 1.32. The Hall–Kier alpha value is -2.38. The van der Waals surface area contributed by atoms with E-state index < -0.39 is 5.97 Å². The Labute approximate surface area is 146 Å². The zero-order valence-corrected chi connectivity index (χ0v) is 14.2. The molecule has 0 radical (unpaired) electrons. The lowest BCUT2D eigenvalue weighted by molar-refractivity contribution is -0.142. The van der Waals surface area contributed by atoms with Gasteiger partial charge in [0, 0.05) is 37.9 Å². The number of carbonyl (C=O) groups excluding carboxylic acids is 1. The van der Waals surface area contributed by atoms with Crippen LogP contribution in [0.3, 0.4) is 0 Å². The molecule has 25 heavy (non-hydrogen) atoms. The lowest BCUT2D eigenvalue weighted by atomic mass is 9.95. The molecule has 0 bridgehead atoms. The lowest BCUT2D eigenvalue weighted by Gasteiger charge is -2.33. The number of amides is 1. The molecule has 8 heteroatoms. The number of carboxylic acids is 1. The second kappa shape index (κ2) is 9.19. The molecule has 2 aliphatic rings. The fourth-order valence-corrected chi connectivity index (χ4v) is 3.72. The van der Waals surface area contributed by atoms with Crippen LogP contribution in [-0.2, 0) is 20.9 Å². The molecule has 1 aliphatic heterocycles. The summed E-state index contributed by atoms with van der Waals surface area (Å²) in [4.78, 5) is 37.9. The maximum atomic E-state index is 12.5. The fourth-order valence-electron chi connectivity index (χ4n) is 3.72. The van der Waals surface area contributed by atoms with Crippen molar-refractivity contribution in [2.24, 2.45) is 17.8 Å². The van der Waals surface area contributed by atoms with Crippen molar-refractivity contribution in [1.82, 2.24) is 14.5 Å². The van der Waals surface area contributed by atoms with E-state index in [-0.39, 0.29) is 24.2 Å². The number of carboxylic acid groups (broad SMARTS) is 2. The Balaban J connectivity index is 0.000000701. The van der Waals surface area contributed by atoms with E-state index in [1.165, 1.54) is 0 Å². The van der Waals surface area contributed by atoms with Gasteiger partial charge >= 0.3 is 5.97 Å². The quantitative estimate of drug-likeness (QED) is 0.791. The largest absolute Gasteiger partial charge is 0.483 e. The van der Waals surface area contributed by atoms with Crippen molar-refractivity contribution < 1.29 is 24.6 Å². The zero-order valence-electron chi connectivity index (χ0n) is 14.2. The van der Waals surface area contributed by atoms with E-state index in [1.54, 1.807) is 6.20 Å². The van der Waals surface area contributed by atoms with Crippen LogP contribution < -0.4 is 0 Å². The second-order valence-corrected chi connectivity index (χ2v) is 6.68. The highest BCUT2D eigenvalue weighted by Gasteiger charge is 2.36. The van der Waals surface area contributed by atoms with Crippen molar-refractivity contribution in [2.75, 3.05) is 13.1 Å². The van der Waals surface area contributed by atoms with E-state index in [1.807, 2.05) is 17.4 Å². The third-order valence-corrected chi connectivity index (χ3v) is 5.09. The fraction of sp³-hybridized carbons (Fsp3) is 0.647. The van der Waals surface area contributed by atoms with E-state index in [2.05, 4.69) is 9.55 Å². The van der Waals surface area contributed by atoms with Gasteiger partial charge in [-0.1, -0.05) is 0 Å². The molecule has 0 unspecified atom stereocenters. The first-order valence-electron chi connectivity index (χ1n) is 8.60. The molecular weight excluding hydrogens is 326 g/mol. The van der Waals surface area contributed by atoms with Gasteiger partial charge in [-0.15, -0.1) is 0 Å². The topological polar surface area (TPSA) is 113 Å². The Morgan fingerprint density at radius 3 is 2.32 bits per heavy atom. The highest BCUT2D eigenvalue weighted by molar-refractivity contribution is 5.81. The first-order chi connectivity index (χ1) is 12.0. The number of piperidine rings is 1. The Bertz CT molecular complexity index is 567. The number of likely N-dealkylation sites (tertiary alicyclic amines) is 1. The van der Waals surface area contributed by atoms with Crippen molar-refractivity contribution in [3.8, 4) is 0 Å². The molecule has 8 nitrogen and oxygen atoms in total. The number of imidazole rings is 1. The summed E-state index contributed by atoms with van der Waals surface area (Å²) in [6, 6.07) is 0. The maximum Gasteiger partial charge on any atom is 0.306 e. The smallest absolute Gasteiger partial charge is 0.306 e. The summed E-state index contributed by atoms with van der Waals surface area (Å²) in [6.07, 6.45) is 9.51. The summed E-state index contributed by atoms with van der Waals surface area (Å²) < 4.78 is 2.09. The lowest BCUT2D eigenvalue weighted by Crippen LogP contribution is -2.42. The van der Waals surface area contributed by atoms with E-state index in [0.29, 0.717) is 18.8 Å². The molecule has 0 aromatic carbocycles. The molecular formula is C17H25N3O5. The molecule has 2 heterocycles. The number of hydrogen-bond acceptors (Lipinski definition) is 4. The van der Waals surface area contributed by atoms with Crippen LogP contribution in [0.5, 0.6) is 0 Å². The average molecular weight is 351 g/mol. The monoisotopic (exact) mass is 351 g/mol. The summed E-state index contributed by atoms with van der Waals surface area (Å²) in [5.41, 5.74) is 0. The Kier molecular flexibility index (Phi) is 6.97. The second-order valence-electron chi connectivity index (χ2n) is 6.68. The van der Waals surface area contributed by atoms with Gasteiger partial charge in [0.15, 0.2) is 0 Å². The van der Waals surface area contributed by atoms with Crippen LogP contribution in [0.1, 0.15) is 32.1 Å². The van der Waals surface area contributed by atoms with Crippen LogP contribution >= 0.6 is 0 Å². The Morgan fingerprint density at radius 2 is 1.80 bits per heavy atom.